The van der Waals surface area contributed by atoms with Crippen molar-refractivity contribution in [1.82, 2.24) is 9.97 Å². The first-order valence-corrected chi connectivity index (χ1v) is 6.67. The number of esters is 1. The van der Waals surface area contributed by atoms with Crippen molar-refractivity contribution in [2.45, 2.75) is 33.1 Å². The van der Waals surface area contributed by atoms with Crippen LogP contribution in [0, 0.1) is 5.41 Å². The highest BCUT2D eigenvalue weighted by Gasteiger charge is 2.24. The zero-order chi connectivity index (χ0) is 13.9. The first-order chi connectivity index (χ1) is 9.02. The summed E-state index contributed by atoms with van der Waals surface area (Å²) in [6, 6.07) is 0. The molecule has 0 bridgehead atoms. The molecule has 2 rings (SSSR count). The van der Waals surface area contributed by atoms with E-state index in [-0.39, 0.29) is 5.69 Å². The van der Waals surface area contributed by atoms with Gasteiger partial charge in [0, 0.05) is 13.1 Å². The monoisotopic (exact) mass is 263 g/mol. The molecule has 0 atom stereocenters. The number of carbonyl (C=O) groups is 1. The summed E-state index contributed by atoms with van der Waals surface area (Å²) >= 11 is 0. The third kappa shape index (κ3) is 3.43. The number of carbonyl (C=O) groups excluding carboxylic acids is 1. The molecule has 1 aliphatic heterocycles. The van der Waals surface area contributed by atoms with E-state index in [1.165, 1.54) is 19.7 Å². The average Bonchev–Trinajstić information content (AvgIpc) is 2.59. The molecule has 104 valence electrons. The first kappa shape index (κ1) is 13.8. The molecule has 0 spiro atoms. The molecular weight excluding hydrogens is 242 g/mol. The zero-order valence-electron chi connectivity index (χ0n) is 11.8. The van der Waals surface area contributed by atoms with Crippen LogP contribution in [0.25, 0.3) is 0 Å². The maximum absolute atomic E-state index is 11.5. The summed E-state index contributed by atoms with van der Waals surface area (Å²) in [4.78, 5) is 22.1. The Morgan fingerprint density at radius 2 is 2.11 bits per heavy atom. The Bertz CT molecular complexity index is 460. The van der Waals surface area contributed by atoms with E-state index < -0.39 is 5.97 Å². The van der Waals surface area contributed by atoms with Gasteiger partial charge in [0.1, 0.15) is 5.82 Å². The number of anilines is 1. The van der Waals surface area contributed by atoms with Gasteiger partial charge < -0.3 is 9.64 Å². The standard InChI is InChI=1S/C14H21N3O2/c1-14(2)5-4-7-17(8-6-14)12-10-15-9-11(16-12)13(18)19-3/h9-10H,4-8H2,1-3H3. The fourth-order valence-electron chi connectivity index (χ4n) is 2.36. The van der Waals surface area contributed by atoms with Gasteiger partial charge in [0.05, 0.1) is 19.5 Å². The van der Waals surface area contributed by atoms with E-state index in [0.29, 0.717) is 5.41 Å². The highest BCUT2D eigenvalue weighted by Crippen LogP contribution is 2.30. The Morgan fingerprint density at radius 1 is 1.32 bits per heavy atom. The van der Waals surface area contributed by atoms with Gasteiger partial charge in [-0.2, -0.15) is 0 Å². The van der Waals surface area contributed by atoms with Crippen molar-refractivity contribution < 1.29 is 9.53 Å². The topological polar surface area (TPSA) is 55.3 Å². The number of rotatable bonds is 2. The first-order valence-electron chi connectivity index (χ1n) is 6.67. The number of ether oxygens (including phenoxy) is 1. The predicted octanol–water partition coefficient (Wildman–Crippen LogP) is 2.28. The Balaban J connectivity index is 2.15. The lowest BCUT2D eigenvalue weighted by molar-refractivity contribution is 0.0593. The van der Waals surface area contributed by atoms with E-state index in [9.17, 15) is 4.79 Å². The second-order valence-corrected chi connectivity index (χ2v) is 5.76. The number of hydrogen-bond acceptors (Lipinski definition) is 5. The van der Waals surface area contributed by atoms with Crippen molar-refractivity contribution >= 4 is 11.8 Å². The summed E-state index contributed by atoms with van der Waals surface area (Å²) in [6.45, 7) is 6.51. The van der Waals surface area contributed by atoms with Crippen molar-refractivity contribution in [2.24, 2.45) is 5.41 Å². The molecule has 2 heterocycles. The van der Waals surface area contributed by atoms with Gasteiger partial charge in [0.15, 0.2) is 5.69 Å². The maximum atomic E-state index is 11.5. The lowest BCUT2D eigenvalue weighted by atomic mass is 9.85. The lowest BCUT2D eigenvalue weighted by Gasteiger charge is -2.23. The van der Waals surface area contributed by atoms with E-state index in [1.807, 2.05) is 0 Å². The van der Waals surface area contributed by atoms with Gasteiger partial charge in [-0.25, -0.2) is 9.78 Å². The summed E-state index contributed by atoms with van der Waals surface area (Å²) in [5.41, 5.74) is 0.644. The second kappa shape index (κ2) is 5.55. The predicted molar refractivity (Wildman–Crippen MR) is 73.2 cm³/mol. The van der Waals surface area contributed by atoms with Crippen molar-refractivity contribution in [1.29, 1.82) is 0 Å². The number of nitrogens with zero attached hydrogens (tertiary/aromatic N) is 3. The minimum atomic E-state index is -0.440. The van der Waals surface area contributed by atoms with Crippen LogP contribution in [0.2, 0.25) is 0 Å². The van der Waals surface area contributed by atoms with E-state index in [2.05, 4.69) is 33.5 Å². The van der Waals surface area contributed by atoms with Crippen LogP contribution in [0.3, 0.4) is 0 Å². The van der Waals surface area contributed by atoms with Gasteiger partial charge in [-0.3, -0.25) is 4.98 Å². The molecule has 0 saturated carbocycles. The Morgan fingerprint density at radius 3 is 2.84 bits per heavy atom. The van der Waals surface area contributed by atoms with Crippen LogP contribution < -0.4 is 4.90 Å². The van der Waals surface area contributed by atoms with Crippen LogP contribution in [0.5, 0.6) is 0 Å². The number of aromatic nitrogens is 2. The molecule has 0 aliphatic carbocycles. The molecule has 19 heavy (non-hydrogen) atoms. The van der Waals surface area contributed by atoms with Gasteiger partial charge >= 0.3 is 5.97 Å². The van der Waals surface area contributed by atoms with E-state index in [1.54, 1.807) is 6.20 Å². The molecular formula is C14H21N3O2. The van der Waals surface area contributed by atoms with E-state index >= 15 is 0 Å². The minimum absolute atomic E-state index is 0.267. The van der Waals surface area contributed by atoms with Crippen LogP contribution in [0.15, 0.2) is 12.4 Å². The van der Waals surface area contributed by atoms with Crippen LogP contribution in [0.1, 0.15) is 43.6 Å². The fraction of sp³-hybridized carbons (Fsp3) is 0.643. The Hall–Kier alpha value is -1.65. The molecule has 1 aromatic rings. The summed E-state index contributed by atoms with van der Waals surface area (Å²) < 4.78 is 4.68. The van der Waals surface area contributed by atoms with Crippen LogP contribution in [-0.2, 0) is 4.74 Å². The highest BCUT2D eigenvalue weighted by atomic mass is 16.5. The molecule has 1 aromatic heterocycles. The van der Waals surface area contributed by atoms with Gasteiger partial charge in [0.25, 0.3) is 0 Å². The van der Waals surface area contributed by atoms with Gasteiger partial charge in [-0.05, 0) is 24.7 Å². The summed E-state index contributed by atoms with van der Waals surface area (Å²) in [5, 5.41) is 0. The van der Waals surface area contributed by atoms with Crippen molar-refractivity contribution in [3.05, 3.63) is 18.1 Å². The minimum Gasteiger partial charge on any atom is -0.464 e. The normalized spacial score (nSPS) is 18.8. The third-order valence-corrected chi connectivity index (χ3v) is 3.68. The number of hydrogen-bond donors (Lipinski definition) is 0. The molecule has 1 aliphatic rings. The quantitative estimate of drug-likeness (QED) is 0.766. The van der Waals surface area contributed by atoms with Crippen LogP contribution in [-0.4, -0.2) is 36.1 Å². The molecule has 0 N–H and O–H groups in total. The largest absolute Gasteiger partial charge is 0.464 e. The number of methoxy groups -OCH3 is 1. The van der Waals surface area contributed by atoms with Crippen LogP contribution in [0.4, 0.5) is 5.82 Å². The van der Waals surface area contributed by atoms with Crippen molar-refractivity contribution in [2.75, 3.05) is 25.1 Å². The third-order valence-electron chi connectivity index (χ3n) is 3.68. The van der Waals surface area contributed by atoms with Crippen molar-refractivity contribution in [3.63, 3.8) is 0 Å². The van der Waals surface area contributed by atoms with Gasteiger partial charge in [-0.1, -0.05) is 13.8 Å². The fourth-order valence-corrected chi connectivity index (χ4v) is 2.36. The maximum Gasteiger partial charge on any atom is 0.358 e. The molecule has 0 radical (unpaired) electrons. The molecule has 1 saturated heterocycles. The van der Waals surface area contributed by atoms with Gasteiger partial charge in [0.2, 0.25) is 0 Å². The SMILES string of the molecule is COC(=O)c1cncc(N2CCCC(C)(C)CC2)n1. The van der Waals surface area contributed by atoms with Gasteiger partial charge in [-0.15, -0.1) is 0 Å². The molecule has 5 heteroatoms. The lowest BCUT2D eigenvalue weighted by Crippen LogP contribution is -2.26. The van der Waals surface area contributed by atoms with E-state index in [0.717, 1.165) is 31.7 Å². The molecule has 5 nitrogen and oxygen atoms in total. The second-order valence-electron chi connectivity index (χ2n) is 5.76. The molecule has 0 aromatic carbocycles. The average molecular weight is 263 g/mol. The van der Waals surface area contributed by atoms with Crippen molar-refractivity contribution in [3.8, 4) is 0 Å². The van der Waals surface area contributed by atoms with Crippen LogP contribution >= 0.6 is 0 Å². The van der Waals surface area contributed by atoms with E-state index in [4.69, 9.17) is 0 Å². The Labute approximate surface area is 114 Å². The molecule has 1 fully saturated rings. The zero-order valence-corrected chi connectivity index (χ0v) is 11.8. The summed E-state index contributed by atoms with van der Waals surface area (Å²) in [7, 11) is 1.35. The summed E-state index contributed by atoms with van der Waals surface area (Å²) in [6.07, 6.45) is 6.63. The molecule has 0 unspecified atom stereocenters. The summed E-state index contributed by atoms with van der Waals surface area (Å²) in [5.74, 6) is 0.324. The Kier molecular flexibility index (Phi) is 4.02. The molecule has 0 amide bonds. The smallest absolute Gasteiger partial charge is 0.358 e. The highest BCUT2D eigenvalue weighted by molar-refractivity contribution is 5.87.